The van der Waals surface area contributed by atoms with Crippen LogP contribution in [0.25, 0.3) is 11.1 Å². The van der Waals surface area contributed by atoms with E-state index < -0.39 is 21.8 Å². The predicted molar refractivity (Wildman–Crippen MR) is 116 cm³/mol. The number of hydrogen-bond donors (Lipinski definition) is 2. The van der Waals surface area contributed by atoms with Crippen LogP contribution in [0.4, 0.5) is 0 Å². The van der Waals surface area contributed by atoms with Gasteiger partial charge in [0.2, 0.25) is 15.9 Å². The maximum absolute atomic E-state index is 13.1. The molecule has 1 amide bonds. The van der Waals surface area contributed by atoms with Crippen molar-refractivity contribution >= 4 is 27.0 Å². The van der Waals surface area contributed by atoms with E-state index in [1.807, 2.05) is 30.3 Å². The lowest BCUT2D eigenvalue weighted by molar-refractivity contribution is -0.123. The van der Waals surface area contributed by atoms with Crippen molar-refractivity contribution in [2.24, 2.45) is 7.05 Å². The molecule has 1 fully saturated rings. The van der Waals surface area contributed by atoms with Crippen LogP contribution >= 0.6 is 0 Å². The lowest BCUT2D eigenvalue weighted by atomic mass is 10.1. The van der Waals surface area contributed by atoms with Crippen LogP contribution in [0.15, 0.2) is 62.6 Å². The number of sulfonamides is 1. The second-order valence-electron chi connectivity index (χ2n) is 7.91. The molecule has 0 spiro atoms. The quantitative estimate of drug-likeness (QED) is 0.581. The zero-order valence-corrected chi connectivity index (χ0v) is 18.0. The smallest absolute Gasteiger partial charge is 0.408 e. The molecule has 0 radical (unpaired) electrons. The summed E-state index contributed by atoms with van der Waals surface area (Å²) < 4.78 is 35.1. The fourth-order valence-corrected chi connectivity index (χ4v) is 5.16. The summed E-state index contributed by atoms with van der Waals surface area (Å²) in [6.07, 6.45) is 4.15. The largest absolute Gasteiger partial charge is 0.419 e. The summed E-state index contributed by atoms with van der Waals surface area (Å²) >= 11 is 0. The SMILES string of the molecule is Cn1c(=O)oc2cc(S(=O)(=O)N[C@H](Cc3ccccc3)C(=O)NC3CCCC3)ccc21. The van der Waals surface area contributed by atoms with Crippen molar-refractivity contribution in [1.82, 2.24) is 14.6 Å². The average molecular weight is 444 g/mol. The van der Waals surface area contributed by atoms with Crippen LogP contribution in [0.1, 0.15) is 31.2 Å². The van der Waals surface area contributed by atoms with Gasteiger partial charge in [0, 0.05) is 19.2 Å². The van der Waals surface area contributed by atoms with Crippen molar-refractivity contribution in [3.05, 3.63) is 64.6 Å². The van der Waals surface area contributed by atoms with Gasteiger partial charge in [-0.25, -0.2) is 13.2 Å². The molecule has 1 aliphatic carbocycles. The van der Waals surface area contributed by atoms with Crippen LogP contribution in [0, 0.1) is 0 Å². The fraction of sp³-hybridized carbons (Fsp3) is 0.364. The van der Waals surface area contributed by atoms with E-state index >= 15 is 0 Å². The van der Waals surface area contributed by atoms with Gasteiger partial charge in [0.05, 0.1) is 10.4 Å². The molecule has 0 bridgehead atoms. The van der Waals surface area contributed by atoms with Gasteiger partial charge < -0.3 is 9.73 Å². The van der Waals surface area contributed by atoms with E-state index in [2.05, 4.69) is 10.0 Å². The zero-order chi connectivity index (χ0) is 22.0. The minimum absolute atomic E-state index is 0.0684. The van der Waals surface area contributed by atoms with E-state index in [9.17, 15) is 18.0 Å². The van der Waals surface area contributed by atoms with Crippen LogP contribution in [0.3, 0.4) is 0 Å². The summed E-state index contributed by atoms with van der Waals surface area (Å²) in [5.74, 6) is -0.915. The molecule has 0 aliphatic heterocycles. The highest BCUT2D eigenvalue weighted by Gasteiger charge is 2.29. The second-order valence-corrected chi connectivity index (χ2v) is 9.62. The highest BCUT2D eigenvalue weighted by atomic mass is 32.2. The number of aryl methyl sites for hydroxylation is 1. The third-order valence-electron chi connectivity index (χ3n) is 5.67. The van der Waals surface area contributed by atoms with Crippen LogP contribution in [0.2, 0.25) is 0 Å². The molecule has 164 valence electrons. The van der Waals surface area contributed by atoms with Gasteiger partial charge in [-0.15, -0.1) is 0 Å². The minimum atomic E-state index is -4.04. The van der Waals surface area contributed by atoms with E-state index in [4.69, 9.17) is 4.42 Å². The first-order valence-electron chi connectivity index (χ1n) is 10.3. The van der Waals surface area contributed by atoms with Gasteiger partial charge in [-0.2, -0.15) is 4.72 Å². The second kappa shape index (κ2) is 8.68. The maximum atomic E-state index is 13.1. The number of oxazole rings is 1. The molecule has 1 aromatic heterocycles. The molecule has 1 atom stereocenters. The molecule has 1 aliphatic rings. The van der Waals surface area contributed by atoms with E-state index in [1.54, 1.807) is 7.05 Å². The Morgan fingerprint density at radius 1 is 1.16 bits per heavy atom. The third kappa shape index (κ3) is 4.72. The normalized spacial score (nSPS) is 15.9. The highest BCUT2D eigenvalue weighted by Crippen LogP contribution is 2.20. The number of rotatable bonds is 7. The molecule has 0 saturated heterocycles. The van der Waals surface area contributed by atoms with Crippen molar-refractivity contribution in [2.45, 2.75) is 49.1 Å². The Kier molecular flexibility index (Phi) is 5.97. The number of fused-ring (bicyclic) bond motifs is 1. The van der Waals surface area contributed by atoms with Crippen molar-refractivity contribution in [2.75, 3.05) is 0 Å². The molecule has 3 aromatic rings. The van der Waals surface area contributed by atoms with Crippen LogP contribution in [-0.2, 0) is 28.3 Å². The first-order chi connectivity index (χ1) is 14.8. The Labute approximate surface area is 180 Å². The van der Waals surface area contributed by atoms with Gasteiger partial charge in [0.25, 0.3) is 0 Å². The highest BCUT2D eigenvalue weighted by molar-refractivity contribution is 7.89. The Morgan fingerprint density at radius 2 is 1.87 bits per heavy atom. The summed E-state index contributed by atoms with van der Waals surface area (Å²) in [7, 11) is -2.49. The summed E-state index contributed by atoms with van der Waals surface area (Å²) in [5.41, 5.74) is 1.51. The van der Waals surface area contributed by atoms with Gasteiger partial charge >= 0.3 is 5.76 Å². The molecular weight excluding hydrogens is 418 g/mol. The van der Waals surface area contributed by atoms with E-state index in [0.717, 1.165) is 31.2 Å². The summed E-state index contributed by atoms with van der Waals surface area (Å²) in [5, 5.41) is 2.98. The van der Waals surface area contributed by atoms with E-state index in [0.29, 0.717) is 5.52 Å². The molecular formula is C22H25N3O5S. The van der Waals surface area contributed by atoms with Gasteiger partial charge in [0.15, 0.2) is 5.58 Å². The van der Waals surface area contributed by atoms with Gasteiger partial charge in [-0.3, -0.25) is 9.36 Å². The lowest BCUT2D eigenvalue weighted by Gasteiger charge is -2.21. The lowest BCUT2D eigenvalue weighted by Crippen LogP contribution is -2.50. The molecule has 1 saturated carbocycles. The molecule has 2 aromatic carbocycles. The maximum Gasteiger partial charge on any atom is 0.419 e. The summed E-state index contributed by atoms with van der Waals surface area (Å²) in [6.45, 7) is 0. The summed E-state index contributed by atoms with van der Waals surface area (Å²) in [6, 6.07) is 12.6. The number of nitrogens with one attached hydrogen (secondary N) is 2. The number of aromatic nitrogens is 1. The van der Waals surface area contributed by atoms with Crippen molar-refractivity contribution in [3.8, 4) is 0 Å². The number of carbonyl (C=O) groups is 1. The molecule has 8 nitrogen and oxygen atoms in total. The monoisotopic (exact) mass is 443 g/mol. The minimum Gasteiger partial charge on any atom is -0.408 e. The van der Waals surface area contributed by atoms with E-state index in [-0.39, 0.29) is 28.8 Å². The topological polar surface area (TPSA) is 110 Å². The molecule has 2 N–H and O–H groups in total. The fourth-order valence-electron chi connectivity index (χ4n) is 3.95. The number of nitrogens with zero attached hydrogens (tertiary/aromatic N) is 1. The molecule has 1 heterocycles. The predicted octanol–water partition coefficient (Wildman–Crippen LogP) is 2.08. The average Bonchev–Trinajstić information content (AvgIpc) is 3.35. The first kappa shape index (κ1) is 21.3. The van der Waals surface area contributed by atoms with Crippen LogP contribution < -0.4 is 15.8 Å². The summed E-state index contributed by atoms with van der Waals surface area (Å²) in [4.78, 5) is 24.6. The third-order valence-corrected chi connectivity index (χ3v) is 7.14. The van der Waals surface area contributed by atoms with Crippen molar-refractivity contribution < 1.29 is 17.6 Å². The van der Waals surface area contributed by atoms with E-state index in [1.165, 1.54) is 22.8 Å². The van der Waals surface area contributed by atoms with Gasteiger partial charge in [0.1, 0.15) is 6.04 Å². The molecule has 9 heteroatoms. The Morgan fingerprint density at radius 3 is 2.58 bits per heavy atom. The molecule has 0 unspecified atom stereocenters. The van der Waals surface area contributed by atoms with Gasteiger partial charge in [-0.1, -0.05) is 43.2 Å². The number of benzene rings is 2. The Hall–Kier alpha value is -2.91. The zero-order valence-electron chi connectivity index (χ0n) is 17.2. The molecule has 4 rings (SSSR count). The number of carbonyl (C=O) groups excluding carboxylic acids is 1. The van der Waals surface area contributed by atoms with Crippen LogP contribution in [-0.4, -0.2) is 31.0 Å². The first-order valence-corrected chi connectivity index (χ1v) is 11.8. The van der Waals surface area contributed by atoms with Crippen molar-refractivity contribution in [1.29, 1.82) is 0 Å². The van der Waals surface area contributed by atoms with Crippen LogP contribution in [0.5, 0.6) is 0 Å². The Bertz CT molecular complexity index is 1240. The number of hydrogen-bond acceptors (Lipinski definition) is 5. The molecule has 31 heavy (non-hydrogen) atoms. The standard InChI is InChI=1S/C22H25N3O5S/c1-25-19-12-11-17(14-20(19)30-22(25)27)31(28,29)24-18(13-15-7-3-2-4-8-15)21(26)23-16-9-5-6-10-16/h2-4,7-8,11-12,14,16,18,24H,5-6,9-10,13H2,1H3,(H,23,26)/t18-/m1/s1. The van der Waals surface area contributed by atoms with Crippen molar-refractivity contribution in [3.63, 3.8) is 0 Å². The Balaban J connectivity index is 1.60. The number of amides is 1. The van der Waals surface area contributed by atoms with Gasteiger partial charge in [-0.05, 0) is 37.0 Å².